The Hall–Kier alpha value is -0.630. The second kappa shape index (κ2) is 7.63. The number of carbonyl (C=O) groups is 2. The molecule has 1 amide bonds. The van der Waals surface area contributed by atoms with Crippen LogP contribution in [0.4, 0.5) is 0 Å². The summed E-state index contributed by atoms with van der Waals surface area (Å²) in [5, 5.41) is 17.2. The summed E-state index contributed by atoms with van der Waals surface area (Å²) in [4.78, 5) is 21.5. The molecule has 0 saturated carbocycles. The molecule has 1 saturated heterocycles. The quantitative estimate of drug-likeness (QED) is 0.377. The molecular weight excluding hydrogens is 211 g/mol. The van der Waals surface area contributed by atoms with Gasteiger partial charge in [-0.25, -0.2) is 0 Å². The maximum atomic E-state index is 10.4. The van der Waals surface area contributed by atoms with E-state index in [1.165, 1.54) is 6.92 Å². The number of amides is 1. The minimum atomic E-state index is -0.963. The van der Waals surface area contributed by atoms with Crippen molar-refractivity contribution < 1.29 is 14.7 Å². The van der Waals surface area contributed by atoms with Crippen LogP contribution in [0.3, 0.4) is 0 Å². The Bertz CT molecular complexity index is 257. The first-order valence-corrected chi connectivity index (χ1v) is 3.92. The zero-order chi connectivity index (χ0) is 11.3. The van der Waals surface area contributed by atoms with Crippen molar-refractivity contribution in [2.24, 2.45) is 5.73 Å². The van der Waals surface area contributed by atoms with E-state index in [0.717, 1.165) is 0 Å². The fourth-order valence-electron chi connectivity index (χ4n) is 0.561. The number of nitrogens with two attached hydrogens (primary N) is 1. The van der Waals surface area contributed by atoms with Gasteiger partial charge in [0.15, 0.2) is 5.96 Å². The molecule has 0 spiro atoms. The molecule has 0 aliphatic carbocycles. The molecule has 8 heteroatoms. The summed E-state index contributed by atoms with van der Waals surface area (Å²) in [7, 11) is 1.69. The standard InChI is InChI=1S/C4H7N3O.C3H7NO2.Na.H/c1-7-2-3(8)6-4(7)5;1-2(4)3(5)6;;/h2H2,1H3,(H2,5,6,8);2H,4H2,1H3,(H,5,6);;. The van der Waals surface area contributed by atoms with E-state index < -0.39 is 12.0 Å². The molecule has 0 aromatic rings. The van der Waals surface area contributed by atoms with E-state index in [1.54, 1.807) is 11.9 Å². The molecular formula is C7H15N4NaO3. The zero-order valence-corrected chi connectivity index (χ0v) is 8.07. The summed E-state index contributed by atoms with van der Waals surface area (Å²) in [5.74, 6) is -0.873. The molecule has 7 nitrogen and oxygen atoms in total. The Labute approximate surface area is 110 Å². The number of likely N-dealkylation sites (N-methyl/N-ethyl adjacent to an activating group) is 1. The molecule has 1 unspecified atom stereocenters. The van der Waals surface area contributed by atoms with E-state index in [0.29, 0.717) is 6.54 Å². The van der Waals surface area contributed by atoms with E-state index in [4.69, 9.17) is 16.2 Å². The number of guanidine groups is 1. The normalized spacial score (nSPS) is 15.8. The molecule has 0 bridgehead atoms. The Morgan fingerprint density at radius 3 is 2.20 bits per heavy atom. The fourth-order valence-corrected chi connectivity index (χ4v) is 0.561. The van der Waals surface area contributed by atoms with Crippen molar-refractivity contribution in [1.82, 2.24) is 10.2 Å². The first-order valence-electron chi connectivity index (χ1n) is 3.92. The number of carbonyl (C=O) groups excluding carboxylic acids is 1. The number of nitrogens with zero attached hydrogens (tertiary/aromatic N) is 1. The number of hydrogen-bond donors (Lipinski definition) is 4. The van der Waals surface area contributed by atoms with Crippen LogP contribution in [0.2, 0.25) is 0 Å². The summed E-state index contributed by atoms with van der Waals surface area (Å²) in [6.45, 7) is 1.74. The van der Waals surface area contributed by atoms with Crippen molar-refractivity contribution >= 4 is 47.4 Å². The molecule has 1 fully saturated rings. The molecule has 82 valence electrons. The number of hydrogen-bond acceptors (Lipinski definition) is 4. The minimum absolute atomic E-state index is 0. The maximum absolute atomic E-state index is 10.4. The van der Waals surface area contributed by atoms with Crippen molar-refractivity contribution in [1.29, 1.82) is 5.41 Å². The van der Waals surface area contributed by atoms with E-state index in [9.17, 15) is 9.59 Å². The second-order valence-corrected chi connectivity index (χ2v) is 2.88. The number of rotatable bonds is 1. The van der Waals surface area contributed by atoms with Crippen LogP contribution in [0.15, 0.2) is 0 Å². The van der Waals surface area contributed by atoms with Crippen LogP contribution < -0.4 is 11.1 Å². The summed E-state index contributed by atoms with van der Waals surface area (Å²) < 4.78 is 0. The van der Waals surface area contributed by atoms with Gasteiger partial charge in [-0.15, -0.1) is 0 Å². The molecule has 1 rings (SSSR count). The molecule has 1 aliphatic rings. The fraction of sp³-hybridized carbons (Fsp3) is 0.571. The number of carboxylic acid groups (broad SMARTS) is 1. The van der Waals surface area contributed by atoms with Crippen molar-refractivity contribution in [3.05, 3.63) is 0 Å². The number of aliphatic carboxylic acids is 1. The van der Waals surface area contributed by atoms with Crippen molar-refractivity contribution in [3.8, 4) is 0 Å². The van der Waals surface area contributed by atoms with Crippen LogP contribution in [0, 0.1) is 5.41 Å². The summed E-state index contributed by atoms with van der Waals surface area (Å²) in [6.07, 6.45) is 0. The van der Waals surface area contributed by atoms with Crippen LogP contribution in [-0.4, -0.2) is 77.0 Å². The average molecular weight is 226 g/mol. The molecule has 0 aromatic heterocycles. The van der Waals surface area contributed by atoms with Crippen LogP contribution >= 0.6 is 0 Å². The van der Waals surface area contributed by atoms with Gasteiger partial charge < -0.3 is 15.7 Å². The number of nitrogens with one attached hydrogen (secondary N) is 2. The molecule has 1 aliphatic heterocycles. The predicted octanol–water partition coefficient (Wildman–Crippen LogP) is -2.25. The van der Waals surface area contributed by atoms with Crippen LogP contribution in [0.25, 0.3) is 0 Å². The Balaban J connectivity index is 0. The van der Waals surface area contributed by atoms with Crippen molar-refractivity contribution in [2.75, 3.05) is 13.6 Å². The van der Waals surface area contributed by atoms with Gasteiger partial charge in [0, 0.05) is 7.05 Å². The van der Waals surface area contributed by atoms with Gasteiger partial charge in [0.05, 0.1) is 6.54 Å². The SMILES string of the molecule is CC(N)C(=O)O.CN1CC(=O)NC1=N.[NaH]. The third kappa shape index (κ3) is 7.32. The molecule has 0 radical (unpaired) electrons. The first-order chi connectivity index (χ1) is 6.34. The van der Waals surface area contributed by atoms with Gasteiger partial charge in [-0.05, 0) is 6.92 Å². The van der Waals surface area contributed by atoms with Gasteiger partial charge in [-0.3, -0.25) is 20.3 Å². The second-order valence-electron chi connectivity index (χ2n) is 2.88. The Morgan fingerprint density at radius 1 is 1.73 bits per heavy atom. The van der Waals surface area contributed by atoms with Gasteiger partial charge in [0.2, 0.25) is 5.91 Å². The Morgan fingerprint density at radius 2 is 2.13 bits per heavy atom. The summed E-state index contributed by atoms with van der Waals surface area (Å²) >= 11 is 0. The summed E-state index contributed by atoms with van der Waals surface area (Å²) in [6, 6.07) is -0.731. The summed E-state index contributed by atoms with van der Waals surface area (Å²) in [5.41, 5.74) is 4.84. The van der Waals surface area contributed by atoms with E-state index in [1.807, 2.05) is 0 Å². The first kappa shape index (κ1) is 16.8. The molecule has 1 atom stereocenters. The third-order valence-corrected chi connectivity index (χ3v) is 1.41. The van der Waals surface area contributed by atoms with Gasteiger partial charge in [-0.2, -0.15) is 0 Å². The average Bonchev–Trinajstić information content (AvgIpc) is 2.30. The third-order valence-electron chi connectivity index (χ3n) is 1.41. The molecule has 5 N–H and O–H groups in total. The van der Waals surface area contributed by atoms with E-state index in [-0.39, 0.29) is 41.4 Å². The predicted molar refractivity (Wildman–Crippen MR) is 56.9 cm³/mol. The monoisotopic (exact) mass is 226 g/mol. The van der Waals surface area contributed by atoms with E-state index >= 15 is 0 Å². The molecule has 0 aromatic carbocycles. The van der Waals surface area contributed by atoms with Crippen molar-refractivity contribution in [2.45, 2.75) is 13.0 Å². The topological polar surface area (TPSA) is 120 Å². The van der Waals surface area contributed by atoms with Gasteiger partial charge >= 0.3 is 35.5 Å². The van der Waals surface area contributed by atoms with Gasteiger partial charge in [0.1, 0.15) is 6.04 Å². The zero-order valence-electron chi connectivity index (χ0n) is 8.07. The van der Waals surface area contributed by atoms with Crippen LogP contribution in [0.1, 0.15) is 6.92 Å². The van der Waals surface area contributed by atoms with Crippen LogP contribution in [0.5, 0.6) is 0 Å². The van der Waals surface area contributed by atoms with Gasteiger partial charge in [-0.1, -0.05) is 0 Å². The van der Waals surface area contributed by atoms with Crippen molar-refractivity contribution in [3.63, 3.8) is 0 Å². The van der Waals surface area contributed by atoms with Crippen LogP contribution in [-0.2, 0) is 9.59 Å². The Kier molecular flexibility index (Phi) is 8.54. The number of carboxylic acids is 1. The molecule has 15 heavy (non-hydrogen) atoms. The van der Waals surface area contributed by atoms with E-state index in [2.05, 4.69) is 5.32 Å². The van der Waals surface area contributed by atoms with Gasteiger partial charge in [0.25, 0.3) is 0 Å². The molecule has 1 heterocycles.